The summed E-state index contributed by atoms with van der Waals surface area (Å²) in [4.78, 5) is 12.1. The van der Waals surface area contributed by atoms with E-state index in [1.165, 1.54) is 6.92 Å². The van der Waals surface area contributed by atoms with Crippen LogP contribution < -0.4 is 0 Å². The topological polar surface area (TPSA) is 55.8 Å². The average Bonchev–Trinajstić information content (AvgIpc) is 2.54. The minimum absolute atomic E-state index is 0.292. The van der Waals surface area contributed by atoms with Crippen LogP contribution in [0.2, 0.25) is 0 Å². The second kappa shape index (κ2) is 6.84. The van der Waals surface area contributed by atoms with Crippen molar-refractivity contribution >= 4 is 5.97 Å². The van der Waals surface area contributed by atoms with Gasteiger partial charge in [0.25, 0.3) is 0 Å². The Bertz CT molecular complexity index is 682. The maximum Gasteiger partial charge on any atom is 0.462 e. The highest BCUT2D eigenvalue weighted by atomic mass is 19.4. The van der Waals surface area contributed by atoms with Crippen molar-refractivity contribution in [3.05, 3.63) is 0 Å². The molecular weight excluding hydrogens is 446 g/mol. The minimum Gasteiger partial charge on any atom is -0.417 e. The summed E-state index contributed by atoms with van der Waals surface area (Å²) < 4.78 is 148. The van der Waals surface area contributed by atoms with E-state index in [0.717, 1.165) is 13.8 Å². The predicted octanol–water partition coefficient (Wildman–Crippen LogP) is 4.99. The van der Waals surface area contributed by atoms with Crippen LogP contribution >= 0.6 is 0 Å². The summed E-state index contributed by atoms with van der Waals surface area (Å²) in [5.74, 6) is -20.2. The zero-order chi connectivity index (χ0) is 24.4. The van der Waals surface area contributed by atoms with Crippen molar-refractivity contribution in [3.63, 3.8) is 0 Å². The molecule has 1 rings (SSSR count). The fourth-order valence-corrected chi connectivity index (χ4v) is 2.81. The van der Waals surface area contributed by atoms with Gasteiger partial charge in [0.1, 0.15) is 0 Å². The molecule has 1 N–H and O–H groups in total. The van der Waals surface area contributed by atoms with Crippen molar-refractivity contribution in [1.29, 1.82) is 0 Å². The van der Waals surface area contributed by atoms with E-state index in [4.69, 9.17) is 0 Å². The van der Waals surface area contributed by atoms with Crippen molar-refractivity contribution < 1.29 is 63.3 Å². The number of rotatable bonds is 4. The third-order valence-corrected chi connectivity index (χ3v) is 5.46. The fraction of sp³-hybridized carbons (Fsp3) is 0.938. The lowest BCUT2D eigenvalue weighted by Gasteiger charge is -2.59. The second-order valence-electron chi connectivity index (χ2n) is 7.74. The van der Waals surface area contributed by atoms with Gasteiger partial charge in [-0.3, -0.25) is 4.79 Å². The molecule has 3 atom stereocenters. The number of halogens is 10. The van der Waals surface area contributed by atoms with Crippen molar-refractivity contribution in [2.24, 2.45) is 5.41 Å². The molecule has 0 aromatic heterocycles. The largest absolute Gasteiger partial charge is 0.462 e. The van der Waals surface area contributed by atoms with Crippen LogP contribution in [0.15, 0.2) is 0 Å². The number of carbonyl (C=O) groups excluding carboxylic acids is 1. The molecule has 3 unspecified atom stereocenters. The highest BCUT2D eigenvalue weighted by Crippen LogP contribution is 2.66. The summed E-state index contributed by atoms with van der Waals surface area (Å²) in [5, 5.41) is 9.76. The van der Waals surface area contributed by atoms with E-state index in [9.17, 15) is 53.8 Å². The molecule has 0 aromatic carbocycles. The molecule has 0 bridgehead atoms. The molecule has 1 heterocycles. The van der Waals surface area contributed by atoms with Gasteiger partial charge >= 0.3 is 36.0 Å². The molecule has 0 amide bonds. The maximum atomic E-state index is 14.8. The van der Waals surface area contributed by atoms with Crippen molar-refractivity contribution in [2.75, 3.05) is 0 Å². The summed E-state index contributed by atoms with van der Waals surface area (Å²) in [6, 6.07) is 0. The quantitative estimate of drug-likeness (QED) is 0.469. The number of carbonyl (C=O) groups is 1. The van der Waals surface area contributed by atoms with E-state index in [2.05, 4.69) is 9.47 Å². The van der Waals surface area contributed by atoms with Gasteiger partial charge in [-0.1, -0.05) is 13.8 Å². The molecule has 14 heteroatoms. The van der Waals surface area contributed by atoms with Gasteiger partial charge < -0.3 is 14.6 Å². The molecule has 1 aliphatic rings. The monoisotopic (exact) mass is 466 g/mol. The zero-order valence-corrected chi connectivity index (χ0v) is 16.4. The van der Waals surface area contributed by atoms with E-state index in [0.29, 0.717) is 6.92 Å². The Morgan fingerprint density at radius 3 is 1.67 bits per heavy atom. The molecule has 4 nitrogen and oxygen atoms in total. The first-order valence-corrected chi connectivity index (χ1v) is 8.51. The van der Waals surface area contributed by atoms with E-state index in [1.807, 2.05) is 0 Å². The van der Waals surface area contributed by atoms with Crippen LogP contribution in [0.25, 0.3) is 0 Å². The first-order chi connectivity index (χ1) is 13.0. The number of hydrogen-bond donors (Lipinski definition) is 1. The number of esters is 1. The molecule has 0 spiro atoms. The van der Waals surface area contributed by atoms with Gasteiger partial charge in [0.15, 0.2) is 5.60 Å². The molecule has 0 saturated carbocycles. The van der Waals surface area contributed by atoms with Crippen LogP contribution in [0, 0.1) is 5.41 Å². The smallest absolute Gasteiger partial charge is 0.417 e. The van der Waals surface area contributed by atoms with Crippen molar-refractivity contribution in [3.8, 4) is 0 Å². The predicted molar refractivity (Wildman–Crippen MR) is 79.6 cm³/mol. The first kappa shape index (κ1) is 26.7. The van der Waals surface area contributed by atoms with Crippen LogP contribution in [0.1, 0.15) is 47.5 Å². The Morgan fingerprint density at radius 2 is 1.37 bits per heavy atom. The second-order valence-corrected chi connectivity index (χ2v) is 7.74. The average molecular weight is 466 g/mol. The summed E-state index contributed by atoms with van der Waals surface area (Å²) in [5.41, 5.74) is -12.5. The maximum absolute atomic E-state index is 14.8. The summed E-state index contributed by atoms with van der Waals surface area (Å²) in [6.07, 6.45) is -15.4. The molecule has 1 fully saturated rings. The summed E-state index contributed by atoms with van der Waals surface area (Å²) in [6.45, 7) is 2.75. The number of alkyl halides is 10. The lowest BCUT2D eigenvalue weighted by atomic mass is 9.71. The highest BCUT2D eigenvalue weighted by Gasteiger charge is 2.95. The molecule has 178 valence electrons. The van der Waals surface area contributed by atoms with Crippen LogP contribution in [0.5, 0.6) is 0 Å². The standard InChI is InChI=1S/C16H20F10O4/c1-6-9(3,4)8(27)29-14(16(24,25)26)13(19,20)10(5,28)12(17,18)11(7-2,30-14)15(21,22)23/h28H,6-7H2,1-5H3. The van der Waals surface area contributed by atoms with Crippen molar-refractivity contribution in [1.82, 2.24) is 0 Å². The summed E-state index contributed by atoms with van der Waals surface area (Å²) in [7, 11) is 0. The van der Waals surface area contributed by atoms with Gasteiger partial charge in [0.05, 0.1) is 5.41 Å². The van der Waals surface area contributed by atoms with E-state index in [1.54, 1.807) is 0 Å². The molecule has 0 aromatic rings. The van der Waals surface area contributed by atoms with Crippen LogP contribution in [-0.4, -0.2) is 52.3 Å². The highest BCUT2D eigenvalue weighted by molar-refractivity contribution is 5.76. The van der Waals surface area contributed by atoms with E-state index in [-0.39, 0.29) is 6.42 Å². The van der Waals surface area contributed by atoms with Crippen LogP contribution in [0.4, 0.5) is 43.9 Å². The first-order valence-electron chi connectivity index (χ1n) is 8.51. The number of ether oxygens (including phenoxy) is 2. The Hall–Kier alpha value is -1.31. The van der Waals surface area contributed by atoms with Gasteiger partial charge in [-0.05, 0) is 33.6 Å². The molecule has 1 saturated heterocycles. The Morgan fingerprint density at radius 1 is 0.933 bits per heavy atom. The molecular formula is C16H20F10O4. The molecule has 1 aliphatic heterocycles. The lowest BCUT2D eigenvalue weighted by Crippen LogP contribution is -2.87. The molecule has 30 heavy (non-hydrogen) atoms. The number of aliphatic hydroxyl groups is 1. The number of hydrogen-bond acceptors (Lipinski definition) is 4. The van der Waals surface area contributed by atoms with Gasteiger partial charge in [-0.25, -0.2) is 0 Å². The zero-order valence-electron chi connectivity index (χ0n) is 16.4. The Balaban J connectivity index is 4.04. The van der Waals surface area contributed by atoms with Gasteiger partial charge in [0, 0.05) is 0 Å². The van der Waals surface area contributed by atoms with E-state index < -0.39 is 65.9 Å². The van der Waals surface area contributed by atoms with Crippen molar-refractivity contribution in [2.45, 2.75) is 88.6 Å². The van der Waals surface area contributed by atoms with Gasteiger partial charge in [0.2, 0.25) is 5.60 Å². The van der Waals surface area contributed by atoms with Crippen LogP contribution in [-0.2, 0) is 14.3 Å². The van der Waals surface area contributed by atoms with E-state index >= 15 is 0 Å². The molecule has 0 radical (unpaired) electrons. The SMILES string of the molecule is CCC(C)(C)C(=O)OC1(C(F)(F)F)OC(CC)(C(F)(F)F)C(F)(F)C(C)(O)C1(F)F. The van der Waals surface area contributed by atoms with Gasteiger partial charge in [-0.2, -0.15) is 43.9 Å². The fourth-order valence-electron chi connectivity index (χ4n) is 2.81. The molecule has 0 aliphatic carbocycles. The third kappa shape index (κ3) is 3.07. The normalized spacial score (nSPS) is 34.5. The Kier molecular flexibility index (Phi) is 6.10. The summed E-state index contributed by atoms with van der Waals surface area (Å²) >= 11 is 0. The van der Waals surface area contributed by atoms with Crippen LogP contribution in [0.3, 0.4) is 0 Å². The lowest BCUT2D eigenvalue weighted by molar-refractivity contribution is -0.555. The van der Waals surface area contributed by atoms with Gasteiger partial charge in [-0.15, -0.1) is 0 Å². The Labute approximate surface area is 164 Å². The third-order valence-electron chi connectivity index (χ3n) is 5.46. The minimum atomic E-state index is -6.66.